The second-order valence-electron chi connectivity index (χ2n) is 5.01. The first-order valence-electron chi connectivity index (χ1n) is 6.98. The van der Waals surface area contributed by atoms with Gasteiger partial charge in [-0.25, -0.2) is 0 Å². The van der Waals surface area contributed by atoms with Crippen LogP contribution < -0.4 is 10.9 Å². The van der Waals surface area contributed by atoms with E-state index in [1.165, 1.54) is 24.3 Å². The van der Waals surface area contributed by atoms with Crippen molar-refractivity contribution >= 4 is 17.4 Å². The quantitative estimate of drug-likeness (QED) is 0.320. The van der Waals surface area contributed by atoms with Gasteiger partial charge in [0.1, 0.15) is 11.5 Å². The number of nitro groups is 1. The molecule has 0 radical (unpaired) electrons. The Morgan fingerprint density at radius 1 is 1.22 bits per heavy atom. The zero-order chi connectivity index (χ0) is 19.5. The fourth-order valence-corrected chi connectivity index (χ4v) is 2.25. The monoisotopic (exact) mass is 406 g/mol. The number of carbonyl (C=O) groups is 1. The Labute approximate surface area is 156 Å². The van der Waals surface area contributed by atoms with E-state index >= 15 is 0 Å². The van der Waals surface area contributed by atoms with E-state index in [-0.39, 0.29) is 28.2 Å². The van der Waals surface area contributed by atoms with E-state index in [0.717, 1.165) is 19.2 Å². The second-order valence-corrected chi connectivity index (χ2v) is 5.42. The van der Waals surface area contributed by atoms with Crippen LogP contribution in [0.3, 0.4) is 0 Å². The number of methoxy groups -OCH3 is 1. The Kier molecular flexibility index (Phi) is 7.28. The minimum absolute atomic E-state index is 0. The van der Waals surface area contributed by atoms with Crippen molar-refractivity contribution < 1.29 is 32.4 Å². The molecule has 0 aromatic heterocycles. The lowest BCUT2D eigenvalue weighted by molar-refractivity contribution is -0.553. The number of Topliss-reactive ketones (excluding diaryl/α,β-unsaturated/α-hetero) is 1. The van der Waals surface area contributed by atoms with Crippen LogP contribution in [0, 0.1) is 10.1 Å². The molecule has 0 aliphatic carbocycles. The number of ether oxygens (including phenoxy) is 2. The van der Waals surface area contributed by atoms with Gasteiger partial charge in [-0.1, -0.05) is 23.7 Å². The van der Waals surface area contributed by atoms with Gasteiger partial charge in [-0.2, -0.15) is 13.2 Å². The van der Waals surface area contributed by atoms with Crippen molar-refractivity contribution in [3.8, 4) is 11.5 Å². The number of carbonyl (C=O) groups excluding carboxylic acids is 1. The molecule has 3 N–H and O–H groups in total. The molecule has 2 aromatic carbocycles. The van der Waals surface area contributed by atoms with Crippen molar-refractivity contribution in [3.63, 3.8) is 0 Å². The molecule has 0 spiro atoms. The van der Waals surface area contributed by atoms with E-state index in [9.17, 15) is 28.1 Å². The molecular weight excluding hydrogens is 393 g/mol. The van der Waals surface area contributed by atoms with Gasteiger partial charge in [-0.05, 0) is 30.3 Å². The van der Waals surface area contributed by atoms with Crippen LogP contribution in [0.4, 0.5) is 13.2 Å². The van der Waals surface area contributed by atoms with Gasteiger partial charge in [0.05, 0.1) is 15.5 Å². The highest BCUT2D eigenvalue weighted by atomic mass is 35.5. The molecule has 7 nitrogen and oxygen atoms in total. The molecule has 146 valence electrons. The van der Waals surface area contributed by atoms with Crippen molar-refractivity contribution in [3.05, 3.63) is 68.7 Å². The molecule has 27 heavy (non-hydrogen) atoms. The predicted octanol–water partition coefficient (Wildman–Crippen LogP) is 4.75. The van der Waals surface area contributed by atoms with Crippen LogP contribution in [0.5, 0.6) is 11.5 Å². The lowest BCUT2D eigenvalue weighted by Gasteiger charge is -2.12. The number of benzene rings is 2. The summed E-state index contributed by atoms with van der Waals surface area (Å²) in [6, 6.07) is 7.87. The van der Waals surface area contributed by atoms with Crippen molar-refractivity contribution in [1.29, 1.82) is 0 Å². The zero-order valence-corrected chi connectivity index (χ0v) is 14.6. The molecule has 2 rings (SSSR count). The highest BCUT2D eigenvalue weighted by Gasteiger charge is 2.32. The maximum atomic E-state index is 12.6. The Morgan fingerprint density at radius 3 is 2.41 bits per heavy atom. The van der Waals surface area contributed by atoms with E-state index in [1.54, 1.807) is 0 Å². The fraction of sp³-hybridized carbons (Fsp3) is 0.188. The van der Waals surface area contributed by atoms with E-state index in [0.29, 0.717) is 6.07 Å². The van der Waals surface area contributed by atoms with E-state index in [4.69, 9.17) is 16.3 Å². The summed E-state index contributed by atoms with van der Waals surface area (Å²) in [5.74, 6) is -0.904. The van der Waals surface area contributed by atoms with Crippen LogP contribution in [0.25, 0.3) is 0 Å². The third-order valence-corrected chi connectivity index (χ3v) is 3.54. The van der Waals surface area contributed by atoms with Gasteiger partial charge in [0.2, 0.25) is 0 Å². The van der Waals surface area contributed by atoms with E-state index < -0.39 is 28.7 Å². The molecule has 0 amide bonds. The summed E-state index contributed by atoms with van der Waals surface area (Å²) < 4.78 is 47.8. The lowest BCUT2D eigenvalue weighted by atomic mass is 10.1. The first kappa shape index (κ1) is 22.4. The average Bonchev–Trinajstić information content (AvgIpc) is 2.56. The fourth-order valence-electron chi connectivity index (χ4n) is 2.03. The number of halogens is 4. The van der Waals surface area contributed by atoms with Crippen LogP contribution in [-0.2, 0) is 10.9 Å². The van der Waals surface area contributed by atoms with Gasteiger partial charge >= 0.3 is 12.4 Å². The molecule has 1 atom stereocenters. The summed E-state index contributed by atoms with van der Waals surface area (Å²) in [6.45, 7) is 0. The molecular formula is C16H14ClF3N2O5. The Balaban J connectivity index is 0.00000364. The molecule has 0 aliphatic heterocycles. The maximum Gasteiger partial charge on any atom is 0.416 e. The lowest BCUT2D eigenvalue weighted by Crippen LogP contribution is -2.31. The van der Waals surface area contributed by atoms with Gasteiger partial charge in [0, 0.05) is 12.7 Å². The standard InChI is InChI=1S/C16H11ClF3NO5.H3N/c1-25-15(21(23)24)14(22)9-3-2-4-11(7-9)26-13-6-5-10(8-12(13)17)16(18,19)20;/h2-8,15H,1H3;1H3. The predicted molar refractivity (Wildman–Crippen MR) is 90.1 cm³/mol. The Hall–Kier alpha value is -2.69. The van der Waals surface area contributed by atoms with Gasteiger partial charge in [-0.15, -0.1) is 0 Å². The highest BCUT2D eigenvalue weighted by Crippen LogP contribution is 2.36. The van der Waals surface area contributed by atoms with Crippen LogP contribution in [0.1, 0.15) is 15.9 Å². The molecule has 0 saturated carbocycles. The molecule has 1 unspecified atom stereocenters. The molecule has 0 saturated heterocycles. The van der Waals surface area contributed by atoms with Crippen LogP contribution >= 0.6 is 11.6 Å². The summed E-state index contributed by atoms with van der Waals surface area (Å²) in [4.78, 5) is 22.0. The highest BCUT2D eigenvalue weighted by molar-refractivity contribution is 6.32. The summed E-state index contributed by atoms with van der Waals surface area (Å²) in [5, 5.41) is 10.5. The topological polar surface area (TPSA) is 114 Å². The SMILES string of the molecule is COC(C(=O)c1cccc(Oc2ccc(C(F)(F)F)cc2Cl)c1)[N+](=O)[O-].N. The molecule has 0 bridgehead atoms. The third-order valence-electron chi connectivity index (χ3n) is 3.24. The Morgan fingerprint density at radius 2 is 1.89 bits per heavy atom. The van der Waals surface area contributed by atoms with Crippen LogP contribution in [-0.4, -0.2) is 24.0 Å². The number of alkyl halides is 3. The smallest absolute Gasteiger partial charge is 0.416 e. The van der Waals surface area contributed by atoms with Gasteiger partial charge in [0.15, 0.2) is 0 Å². The average molecular weight is 407 g/mol. The van der Waals surface area contributed by atoms with E-state index in [2.05, 4.69) is 4.74 Å². The van der Waals surface area contributed by atoms with Gasteiger partial charge in [-0.3, -0.25) is 14.9 Å². The largest absolute Gasteiger partial charge is 0.456 e. The normalized spacial score (nSPS) is 12.0. The van der Waals surface area contributed by atoms with Crippen LogP contribution in [0.15, 0.2) is 42.5 Å². The molecule has 2 aromatic rings. The Bertz CT molecular complexity index is 845. The van der Waals surface area contributed by atoms with Crippen molar-refractivity contribution in [2.45, 2.75) is 12.4 Å². The first-order chi connectivity index (χ1) is 12.1. The van der Waals surface area contributed by atoms with Gasteiger partial charge in [0.25, 0.3) is 5.78 Å². The molecule has 0 aliphatic rings. The zero-order valence-electron chi connectivity index (χ0n) is 13.8. The van der Waals surface area contributed by atoms with Crippen molar-refractivity contribution in [1.82, 2.24) is 6.15 Å². The summed E-state index contributed by atoms with van der Waals surface area (Å²) in [7, 11) is 1.02. The minimum Gasteiger partial charge on any atom is -0.456 e. The van der Waals surface area contributed by atoms with Gasteiger partial charge < -0.3 is 15.6 Å². The second kappa shape index (κ2) is 8.80. The number of ketones is 1. The molecule has 0 fully saturated rings. The number of rotatable bonds is 6. The third kappa shape index (κ3) is 5.39. The number of hydrogen-bond acceptors (Lipinski definition) is 6. The summed E-state index contributed by atoms with van der Waals surface area (Å²) >= 11 is 5.80. The number of hydrogen-bond donors (Lipinski definition) is 1. The van der Waals surface area contributed by atoms with E-state index in [1.807, 2.05) is 0 Å². The molecule has 11 heteroatoms. The van der Waals surface area contributed by atoms with Crippen molar-refractivity contribution in [2.24, 2.45) is 0 Å². The van der Waals surface area contributed by atoms with Crippen molar-refractivity contribution in [2.75, 3.05) is 7.11 Å². The maximum absolute atomic E-state index is 12.6. The minimum atomic E-state index is -4.55. The molecule has 0 heterocycles. The van der Waals surface area contributed by atoms with Crippen LogP contribution in [0.2, 0.25) is 5.02 Å². The summed E-state index contributed by atoms with van der Waals surface area (Å²) in [6.07, 6.45) is -6.42. The number of nitrogens with zero attached hydrogens (tertiary/aromatic N) is 1. The summed E-state index contributed by atoms with van der Waals surface area (Å²) in [5.41, 5.74) is -0.998. The first-order valence-corrected chi connectivity index (χ1v) is 7.36.